The van der Waals surface area contributed by atoms with Crippen molar-refractivity contribution in [1.82, 2.24) is 0 Å². The van der Waals surface area contributed by atoms with Crippen molar-refractivity contribution in [3.05, 3.63) is 23.3 Å². The van der Waals surface area contributed by atoms with Crippen molar-refractivity contribution < 1.29 is 34.0 Å². The first-order chi connectivity index (χ1) is 17.8. The molecule has 38 heavy (non-hydrogen) atoms. The Balaban J connectivity index is 1.70. The quantitative estimate of drug-likeness (QED) is 0.226. The maximum absolute atomic E-state index is 13.7. The van der Waals surface area contributed by atoms with Gasteiger partial charge in [-0.3, -0.25) is 19.6 Å². The van der Waals surface area contributed by atoms with Gasteiger partial charge < -0.3 is 9.47 Å². The van der Waals surface area contributed by atoms with Crippen molar-refractivity contribution in [2.24, 2.45) is 34.5 Å². The highest BCUT2D eigenvalue weighted by Gasteiger charge is 2.68. The van der Waals surface area contributed by atoms with Gasteiger partial charge in [0.25, 0.3) is 0 Å². The second-order valence-electron chi connectivity index (χ2n) is 13.3. The Morgan fingerprint density at radius 1 is 1.05 bits per heavy atom. The minimum atomic E-state index is -0.916. The van der Waals surface area contributed by atoms with Gasteiger partial charge in [-0.05, 0) is 73.5 Å². The SMILES string of the molecule is CC(=O)O[C@H]1C=C2C(=O)C=C3[C@H](CC[C@]4(C)[C@@H]([C@H](C)CCCC(C)C)CC[C@@]34OO)[C@@]2(C)C[C@H]1OC(C)=O. The molecule has 4 rings (SSSR count). The lowest BCUT2D eigenvalue weighted by Crippen LogP contribution is -2.59. The van der Waals surface area contributed by atoms with Crippen LogP contribution in [0.4, 0.5) is 0 Å². The molecular weight excluding hydrogens is 484 g/mol. The molecule has 0 unspecified atom stereocenters. The summed E-state index contributed by atoms with van der Waals surface area (Å²) in [6.45, 7) is 13.8. The first-order valence-electron chi connectivity index (χ1n) is 14.4. The largest absolute Gasteiger partial charge is 0.458 e. The molecule has 0 bridgehead atoms. The van der Waals surface area contributed by atoms with Gasteiger partial charge in [-0.2, -0.15) is 0 Å². The number of fused-ring (bicyclic) bond motifs is 5. The van der Waals surface area contributed by atoms with Gasteiger partial charge in [0.1, 0.15) is 11.7 Å². The van der Waals surface area contributed by atoms with Crippen LogP contribution in [0.1, 0.15) is 99.8 Å². The van der Waals surface area contributed by atoms with Crippen LogP contribution in [0.2, 0.25) is 0 Å². The molecule has 0 amide bonds. The van der Waals surface area contributed by atoms with Crippen molar-refractivity contribution in [1.29, 1.82) is 0 Å². The van der Waals surface area contributed by atoms with Crippen molar-refractivity contribution in [2.45, 2.75) is 118 Å². The Hall–Kier alpha value is -1.99. The summed E-state index contributed by atoms with van der Waals surface area (Å²) in [5, 5.41) is 10.6. The van der Waals surface area contributed by atoms with E-state index in [1.165, 1.54) is 26.7 Å². The number of hydrogen-bond acceptors (Lipinski definition) is 7. The Bertz CT molecular complexity index is 1030. The highest BCUT2D eigenvalue weighted by Crippen LogP contribution is 2.69. The number of ether oxygens (including phenoxy) is 2. The van der Waals surface area contributed by atoms with Crippen LogP contribution in [-0.2, 0) is 28.7 Å². The predicted molar refractivity (Wildman–Crippen MR) is 143 cm³/mol. The smallest absolute Gasteiger partial charge is 0.303 e. The number of esters is 2. The van der Waals surface area contributed by atoms with Crippen LogP contribution >= 0.6 is 0 Å². The van der Waals surface area contributed by atoms with E-state index in [0.717, 1.165) is 31.3 Å². The standard InChI is InChI=1S/C31H46O7/c1-18(2)9-8-10-19(3)22-12-14-31(38-35)24-15-26(34)25-16-27(36-20(4)32)28(37-21(5)33)17-29(25,6)23(24)11-13-30(22,31)7/h15-16,18-19,22-23,27-28,35H,8-14,17H2,1-7H3/t19-,22-,23+,27+,28-,29-,30-,31-/m1/s1. The summed E-state index contributed by atoms with van der Waals surface area (Å²) < 4.78 is 11.1. The minimum Gasteiger partial charge on any atom is -0.458 e. The Morgan fingerprint density at radius 2 is 1.74 bits per heavy atom. The molecule has 4 aliphatic carbocycles. The average molecular weight is 531 g/mol. The van der Waals surface area contributed by atoms with Gasteiger partial charge in [0.05, 0.1) is 0 Å². The van der Waals surface area contributed by atoms with Gasteiger partial charge in [0.15, 0.2) is 11.9 Å². The molecule has 0 aromatic heterocycles. The first kappa shape index (κ1) is 29.0. The summed E-state index contributed by atoms with van der Waals surface area (Å²) in [6.07, 6.45) is 9.12. The van der Waals surface area contributed by atoms with Crippen molar-refractivity contribution in [3.63, 3.8) is 0 Å². The lowest BCUT2D eigenvalue weighted by molar-refractivity contribution is -0.345. The fourth-order valence-corrected chi connectivity index (χ4v) is 8.69. The third-order valence-corrected chi connectivity index (χ3v) is 10.5. The van der Waals surface area contributed by atoms with Crippen LogP contribution in [0, 0.1) is 34.5 Å². The van der Waals surface area contributed by atoms with Gasteiger partial charge >= 0.3 is 11.9 Å². The van der Waals surface area contributed by atoms with Gasteiger partial charge in [-0.25, -0.2) is 4.89 Å². The molecule has 2 fully saturated rings. The lowest BCUT2D eigenvalue weighted by atomic mass is 9.47. The molecule has 1 N–H and O–H groups in total. The van der Waals surface area contributed by atoms with Gasteiger partial charge in [0, 0.05) is 30.3 Å². The van der Waals surface area contributed by atoms with E-state index in [9.17, 15) is 19.6 Å². The zero-order valence-electron chi connectivity index (χ0n) is 24.2. The van der Waals surface area contributed by atoms with Crippen LogP contribution in [0.3, 0.4) is 0 Å². The van der Waals surface area contributed by atoms with Crippen LogP contribution < -0.4 is 0 Å². The average Bonchev–Trinajstić information content (AvgIpc) is 3.13. The number of carbonyl (C=O) groups is 3. The summed E-state index contributed by atoms with van der Waals surface area (Å²) >= 11 is 0. The van der Waals surface area contributed by atoms with E-state index in [0.29, 0.717) is 36.2 Å². The Morgan fingerprint density at radius 3 is 2.34 bits per heavy atom. The molecule has 212 valence electrons. The summed E-state index contributed by atoms with van der Waals surface area (Å²) in [4.78, 5) is 43.0. The molecule has 8 atom stereocenters. The molecule has 2 saturated carbocycles. The molecule has 0 aromatic carbocycles. The Kier molecular flexibility index (Phi) is 8.04. The van der Waals surface area contributed by atoms with Crippen LogP contribution in [-0.4, -0.2) is 40.8 Å². The van der Waals surface area contributed by atoms with Gasteiger partial charge in [0.2, 0.25) is 0 Å². The number of hydrogen-bond donors (Lipinski definition) is 1. The molecule has 7 nitrogen and oxygen atoms in total. The summed E-state index contributed by atoms with van der Waals surface area (Å²) in [7, 11) is 0. The van der Waals surface area contributed by atoms with Crippen molar-refractivity contribution in [2.75, 3.05) is 0 Å². The van der Waals surface area contributed by atoms with E-state index < -0.39 is 35.2 Å². The third-order valence-electron chi connectivity index (χ3n) is 10.5. The van der Waals surface area contributed by atoms with Crippen molar-refractivity contribution >= 4 is 17.7 Å². The topological polar surface area (TPSA) is 99.1 Å². The summed E-state index contributed by atoms with van der Waals surface area (Å²) in [5.41, 5.74) is -0.368. The van der Waals surface area contributed by atoms with Crippen LogP contribution in [0.5, 0.6) is 0 Å². The molecule has 0 aromatic rings. The lowest BCUT2D eigenvalue weighted by Gasteiger charge is -2.58. The highest BCUT2D eigenvalue weighted by molar-refractivity contribution is 6.07. The van der Waals surface area contributed by atoms with Gasteiger partial charge in [-0.15, -0.1) is 0 Å². The molecule has 0 aliphatic heterocycles. The summed E-state index contributed by atoms with van der Waals surface area (Å²) in [5.74, 6) is 0.409. The van der Waals surface area contributed by atoms with E-state index in [4.69, 9.17) is 14.4 Å². The zero-order chi connectivity index (χ0) is 28.0. The fourth-order valence-electron chi connectivity index (χ4n) is 8.69. The normalized spacial score (nSPS) is 38.9. The monoisotopic (exact) mass is 530 g/mol. The second-order valence-corrected chi connectivity index (χ2v) is 13.3. The third kappa shape index (κ3) is 4.68. The van der Waals surface area contributed by atoms with E-state index >= 15 is 0 Å². The number of ketones is 1. The molecule has 0 radical (unpaired) electrons. The van der Waals surface area contributed by atoms with Crippen molar-refractivity contribution in [3.8, 4) is 0 Å². The van der Waals surface area contributed by atoms with Crippen LogP contribution in [0.25, 0.3) is 0 Å². The number of allylic oxidation sites excluding steroid dienone is 2. The molecule has 4 aliphatic rings. The first-order valence-corrected chi connectivity index (χ1v) is 14.4. The Labute approximate surface area is 227 Å². The molecule has 0 spiro atoms. The molecular formula is C31H46O7. The minimum absolute atomic E-state index is 0.0574. The van der Waals surface area contributed by atoms with E-state index in [-0.39, 0.29) is 17.1 Å². The number of rotatable bonds is 8. The predicted octanol–water partition coefficient (Wildman–Crippen LogP) is 6.21. The molecule has 0 saturated heterocycles. The van der Waals surface area contributed by atoms with E-state index in [1.807, 2.05) is 6.92 Å². The van der Waals surface area contributed by atoms with E-state index in [1.54, 1.807) is 12.2 Å². The maximum Gasteiger partial charge on any atom is 0.303 e. The molecule has 0 heterocycles. The fraction of sp³-hybridized carbons (Fsp3) is 0.774. The zero-order valence-corrected chi connectivity index (χ0v) is 24.2. The van der Waals surface area contributed by atoms with E-state index in [2.05, 4.69) is 27.7 Å². The van der Waals surface area contributed by atoms with Crippen LogP contribution in [0.15, 0.2) is 23.3 Å². The second kappa shape index (κ2) is 10.5. The highest BCUT2D eigenvalue weighted by atomic mass is 17.1. The maximum atomic E-state index is 13.7. The summed E-state index contributed by atoms with van der Waals surface area (Å²) in [6, 6.07) is 0. The molecule has 7 heteroatoms. The number of carbonyl (C=O) groups excluding carboxylic acids is 3. The van der Waals surface area contributed by atoms with Gasteiger partial charge in [-0.1, -0.05) is 53.9 Å².